The van der Waals surface area contributed by atoms with E-state index in [0.29, 0.717) is 11.4 Å². The second-order valence-corrected chi connectivity index (χ2v) is 7.49. The molecule has 1 aliphatic heterocycles. The number of para-hydroxylation sites is 1. The third-order valence-corrected chi connectivity index (χ3v) is 5.06. The average Bonchev–Trinajstić information content (AvgIpc) is 3.02. The van der Waals surface area contributed by atoms with Crippen LogP contribution in [0.2, 0.25) is 0 Å². The molecule has 2 heterocycles. The molecule has 6 nitrogen and oxygen atoms in total. The van der Waals surface area contributed by atoms with Crippen molar-refractivity contribution in [1.82, 2.24) is 10.2 Å². The summed E-state index contributed by atoms with van der Waals surface area (Å²) < 4.78 is 33.7. The van der Waals surface area contributed by atoms with Crippen LogP contribution in [0.25, 0.3) is 0 Å². The minimum Gasteiger partial charge on any atom is -0.489 e. The number of sulfonamides is 1. The first-order valence-corrected chi connectivity index (χ1v) is 8.71. The van der Waals surface area contributed by atoms with E-state index in [-0.39, 0.29) is 16.9 Å². The van der Waals surface area contributed by atoms with Crippen molar-refractivity contribution in [2.24, 2.45) is 0 Å². The molecule has 22 heavy (non-hydrogen) atoms. The number of ether oxygens (including phenoxy) is 1. The number of nitrogens with zero attached hydrogens (tertiary/aromatic N) is 1. The third kappa shape index (κ3) is 2.56. The lowest BCUT2D eigenvalue weighted by atomic mass is 10.1. The zero-order valence-electron chi connectivity index (χ0n) is 12.8. The first-order chi connectivity index (χ1) is 10.4. The number of benzene rings is 1. The number of rotatable bonds is 4. The molecule has 1 aromatic heterocycles. The number of nitrogens with one attached hydrogen (secondary N) is 2. The second-order valence-electron chi connectivity index (χ2n) is 5.83. The Morgan fingerprint density at radius 3 is 2.91 bits per heavy atom. The van der Waals surface area contributed by atoms with Gasteiger partial charge in [0.1, 0.15) is 16.7 Å². The van der Waals surface area contributed by atoms with Crippen molar-refractivity contribution in [3.8, 4) is 5.75 Å². The van der Waals surface area contributed by atoms with Crippen LogP contribution in [0.5, 0.6) is 5.75 Å². The van der Waals surface area contributed by atoms with Crippen molar-refractivity contribution in [3.63, 3.8) is 0 Å². The highest BCUT2D eigenvalue weighted by atomic mass is 32.2. The molecule has 1 atom stereocenters. The van der Waals surface area contributed by atoms with Crippen LogP contribution in [0, 0.1) is 0 Å². The molecule has 1 aromatic carbocycles. The predicted octanol–water partition coefficient (Wildman–Crippen LogP) is 2.66. The zero-order valence-corrected chi connectivity index (χ0v) is 13.6. The largest absolute Gasteiger partial charge is 0.489 e. The van der Waals surface area contributed by atoms with Gasteiger partial charge in [0, 0.05) is 6.42 Å². The smallest absolute Gasteiger partial charge is 0.265 e. The van der Waals surface area contributed by atoms with Crippen molar-refractivity contribution in [1.29, 1.82) is 0 Å². The minimum absolute atomic E-state index is 0.00787. The maximum Gasteiger partial charge on any atom is 0.265 e. The van der Waals surface area contributed by atoms with E-state index in [1.165, 1.54) is 6.20 Å². The van der Waals surface area contributed by atoms with Crippen LogP contribution in [0.4, 0.5) is 5.69 Å². The molecule has 0 saturated carbocycles. The van der Waals surface area contributed by atoms with E-state index in [1.54, 1.807) is 12.1 Å². The predicted molar refractivity (Wildman–Crippen MR) is 83.7 cm³/mol. The van der Waals surface area contributed by atoms with Crippen molar-refractivity contribution in [2.75, 3.05) is 4.72 Å². The van der Waals surface area contributed by atoms with Gasteiger partial charge < -0.3 is 4.74 Å². The van der Waals surface area contributed by atoms with Crippen LogP contribution in [0.3, 0.4) is 0 Å². The van der Waals surface area contributed by atoms with E-state index < -0.39 is 10.0 Å². The lowest BCUT2D eigenvalue weighted by molar-refractivity contribution is 0.249. The van der Waals surface area contributed by atoms with Crippen LogP contribution in [0.15, 0.2) is 29.3 Å². The van der Waals surface area contributed by atoms with E-state index in [1.807, 2.05) is 26.8 Å². The molecule has 2 N–H and O–H groups in total. The molecule has 1 unspecified atom stereocenters. The SMILES string of the molecule is CC1Cc2cccc(S(=O)(=O)Nc3cn[nH]c3C(C)C)c2O1. The van der Waals surface area contributed by atoms with Crippen molar-refractivity contribution in [3.05, 3.63) is 35.7 Å². The van der Waals surface area contributed by atoms with Gasteiger partial charge in [-0.25, -0.2) is 8.42 Å². The number of fused-ring (bicyclic) bond motifs is 1. The molecule has 0 fully saturated rings. The number of H-pyrrole nitrogens is 1. The van der Waals surface area contributed by atoms with Gasteiger partial charge in [-0.15, -0.1) is 0 Å². The summed E-state index contributed by atoms with van der Waals surface area (Å²) in [6.45, 7) is 5.86. The van der Waals surface area contributed by atoms with Gasteiger partial charge in [0.15, 0.2) is 0 Å². The lowest BCUT2D eigenvalue weighted by Gasteiger charge is -2.13. The minimum atomic E-state index is -3.72. The number of anilines is 1. The summed E-state index contributed by atoms with van der Waals surface area (Å²) in [5.74, 6) is 0.593. The van der Waals surface area contributed by atoms with E-state index >= 15 is 0 Å². The van der Waals surface area contributed by atoms with Gasteiger partial charge >= 0.3 is 0 Å². The van der Waals surface area contributed by atoms with Gasteiger partial charge in [-0.05, 0) is 24.5 Å². The van der Waals surface area contributed by atoms with Gasteiger partial charge in [0.05, 0.1) is 17.6 Å². The van der Waals surface area contributed by atoms with Crippen LogP contribution >= 0.6 is 0 Å². The van der Waals surface area contributed by atoms with Crippen LogP contribution < -0.4 is 9.46 Å². The van der Waals surface area contributed by atoms with Gasteiger partial charge in [-0.3, -0.25) is 9.82 Å². The topological polar surface area (TPSA) is 84.1 Å². The maximum atomic E-state index is 12.7. The van der Waals surface area contributed by atoms with Crippen molar-refractivity contribution >= 4 is 15.7 Å². The van der Waals surface area contributed by atoms with Crippen LogP contribution in [-0.4, -0.2) is 24.7 Å². The Hall–Kier alpha value is -2.02. The van der Waals surface area contributed by atoms with Crippen LogP contribution in [0.1, 0.15) is 37.9 Å². The molecule has 0 amide bonds. The Balaban J connectivity index is 1.98. The molecular formula is C15H19N3O3S. The Morgan fingerprint density at radius 2 is 2.18 bits per heavy atom. The Labute approximate surface area is 129 Å². The standard InChI is InChI=1S/C15H19N3O3S/c1-9(2)14-12(8-16-17-14)18-22(19,20)13-6-4-5-11-7-10(3)21-15(11)13/h4-6,8-10,18H,7H2,1-3H3,(H,16,17). The third-order valence-electron chi connectivity index (χ3n) is 3.67. The van der Waals surface area contributed by atoms with E-state index in [9.17, 15) is 8.42 Å². The fourth-order valence-electron chi connectivity index (χ4n) is 2.64. The molecule has 0 radical (unpaired) electrons. The van der Waals surface area contributed by atoms with Crippen LogP contribution in [-0.2, 0) is 16.4 Å². The fourth-order valence-corrected chi connectivity index (χ4v) is 3.88. The van der Waals surface area contributed by atoms with Gasteiger partial charge in [-0.1, -0.05) is 26.0 Å². The monoisotopic (exact) mass is 321 g/mol. The summed E-state index contributed by atoms with van der Waals surface area (Å²) in [5, 5.41) is 6.75. The number of aromatic nitrogens is 2. The summed E-state index contributed by atoms with van der Waals surface area (Å²) in [7, 11) is -3.72. The first-order valence-electron chi connectivity index (χ1n) is 7.23. The van der Waals surface area contributed by atoms with Gasteiger partial charge in [-0.2, -0.15) is 5.10 Å². The normalized spacial score (nSPS) is 17.4. The molecule has 1 aliphatic rings. The second kappa shape index (κ2) is 5.31. The highest BCUT2D eigenvalue weighted by Crippen LogP contribution is 2.36. The van der Waals surface area contributed by atoms with Crippen molar-refractivity contribution in [2.45, 2.75) is 44.1 Å². The zero-order chi connectivity index (χ0) is 15.9. The molecule has 0 spiro atoms. The summed E-state index contributed by atoms with van der Waals surface area (Å²) in [4.78, 5) is 0.172. The fraction of sp³-hybridized carbons (Fsp3) is 0.400. The molecular weight excluding hydrogens is 302 g/mol. The molecule has 0 bridgehead atoms. The molecule has 3 rings (SSSR count). The molecule has 0 aliphatic carbocycles. The molecule has 2 aromatic rings. The summed E-state index contributed by atoms with van der Waals surface area (Å²) >= 11 is 0. The first kappa shape index (κ1) is 14.9. The van der Waals surface area contributed by atoms with E-state index in [2.05, 4.69) is 14.9 Å². The molecule has 118 valence electrons. The Morgan fingerprint density at radius 1 is 1.41 bits per heavy atom. The molecule has 0 saturated heterocycles. The summed E-state index contributed by atoms with van der Waals surface area (Å²) in [6.07, 6.45) is 2.20. The average molecular weight is 321 g/mol. The number of hydrogen-bond donors (Lipinski definition) is 2. The van der Waals surface area contributed by atoms with E-state index in [4.69, 9.17) is 4.74 Å². The highest BCUT2D eigenvalue weighted by molar-refractivity contribution is 7.92. The van der Waals surface area contributed by atoms with Gasteiger partial charge in [0.25, 0.3) is 10.0 Å². The highest BCUT2D eigenvalue weighted by Gasteiger charge is 2.29. The molecule has 7 heteroatoms. The lowest BCUT2D eigenvalue weighted by Crippen LogP contribution is -2.15. The van der Waals surface area contributed by atoms with E-state index in [0.717, 1.165) is 17.7 Å². The number of aromatic amines is 1. The summed E-state index contributed by atoms with van der Waals surface area (Å²) in [6, 6.07) is 5.21. The maximum absolute atomic E-state index is 12.7. The summed E-state index contributed by atoms with van der Waals surface area (Å²) in [5.41, 5.74) is 2.15. The quantitative estimate of drug-likeness (QED) is 0.906. The Kier molecular flexibility index (Phi) is 3.60. The Bertz CT molecular complexity index is 796. The van der Waals surface area contributed by atoms with Crippen molar-refractivity contribution < 1.29 is 13.2 Å². The van der Waals surface area contributed by atoms with Gasteiger partial charge in [0.2, 0.25) is 0 Å². The number of hydrogen-bond acceptors (Lipinski definition) is 4.